The zero-order valence-electron chi connectivity index (χ0n) is 15.0. The number of halogens is 2. The van der Waals surface area contributed by atoms with Crippen molar-refractivity contribution in [3.05, 3.63) is 47.8 Å². The van der Waals surface area contributed by atoms with E-state index in [4.69, 9.17) is 9.47 Å². The van der Waals surface area contributed by atoms with E-state index in [9.17, 15) is 18.8 Å². The van der Waals surface area contributed by atoms with E-state index in [1.54, 1.807) is 0 Å². The molecule has 0 aliphatic carbocycles. The number of benzene rings is 1. The van der Waals surface area contributed by atoms with Crippen molar-refractivity contribution in [3.8, 4) is 17.6 Å². The second kappa shape index (κ2) is 7.73. The van der Waals surface area contributed by atoms with Crippen LogP contribution < -0.4 is 15.4 Å². The van der Waals surface area contributed by atoms with Crippen LogP contribution in [0.4, 0.5) is 19.3 Å². The summed E-state index contributed by atoms with van der Waals surface area (Å²) in [6, 6.07) is 4.53. The van der Waals surface area contributed by atoms with Gasteiger partial charge in [-0.2, -0.15) is 5.26 Å². The Morgan fingerprint density at radius 1 is 1.38 bits per heavy atom. The number of aromatic amines is 1. The lowest BCUT2D eigenvalue weighted by Gasteiger charge is -2.14. The minimum absolute atomic E-state index is 0.0667. The Balaban J connectivity index is 1.56. The summed E-state index contributed by atoms with van der Waals surface area (Å²) in [5.41, 5.74) is 0.517. The van der Waals surface area contributed by atoms with Gasteiger partial charge in [0.15, 0.2) is 17.4 Å². The fourth-order valence-electron chi connectivity index (χ4n) is 3.04. The number of anilines is 1. The van der Waals surface area contributed by atoms with Crippen LogP contribution in [-0.4, -0.2) is 35.3 Å². The number of aromatic nitrogens is 2. The molecular formula is C19H15F2N5O3. The molecule has 0 spiro atoms. The van der Waals surface area contributed by atoms with Gasteiger partial charge in [-0.05, 0) is 12.5 Å². The summed E-state index contributed by atoms with van der Waals surface area (Å²) < 4.78 is 39.6. The Morgan fingerprint density at radius 2 is 2.17 bits per heavy atom. The van der Waals surface area contributed by atoms with E-state index in [1.165, 1.54) is 18.5 Å². The highest BCUT2D eigenvalue weighted by Crippen LogP contribution is 2.34. The number of hydrogen-bond donors (Lipinski definition) is 3. The van der Waals surface area contributed by atoms with Crippen molar-refractivity contribution in [1.29, 1.82) is 5.26 Å². The number of carbonyl (C=O) groups is 1. The number of nitriles is 1. The van der Waals surface area contributed by atoms with Gasteiger partial charge in [-0.25, -0.2) is 18.6 Å². The van der Waals surface area contributed by atoms with Crippen LogP contribution in [0.15, 0.2) is 30.6 Å². The molecular weight excluding hydrogens is 384 g/mol. The summed E-state index contributed by atoms with van der Waals surface area (Å²) in [6.07, 6.45) is 3.49. The van der Waals surface area contributed by atoms with E-state index in [0.717, 1.165) is 12.1 Å². The Labute approximate surface area is 163 Å². The van der Waals surface area contributed by atoms with Crippen molar-refractivity contribution >= 4 is 22.8 Å². The van der Waals surface area contributed by atoms with Gasteiger partial charge in [-0.3, -0.25) is 0 Å². The number of fused-ring (bicyclic) bond motifs is 1. The van der Waals surface area contributed by atoms with Crippen molar-refractivity contribution < 1.29 is 23.0 Å². The van der Waals surface area contributed by atoms with Gasteiger partial charge in [0.25, 0.3) is 0 Å². The van der Waals surface area contributed by atoms with E-state index in [-0.39, 0.29) is 23.0 Å². The molecule has 3 N–H and O–H groups in total. The summed E-state index contributed by atoms with van der Waals surface area (Å²) >= 11 is 0. The third kappa shape index (κ3) is 3.81. The van der Waals surface area contributed by atoms with Crippen molar-refractivity contribution in [2.24, 2.45) is 0 Å². The molecule has 29 heavy (non-hydrogen) atoms. The van der Waals surface area contributed by atoms with E-state index < -0.39 is 23.4 Å². The molecule has 0 bridgehead atoms. The lowest BCUT2D eigenvalue weighted by Crippen LogP contribution is -2.38. The first-order valence-corrected chi connectivity index (χ1v) is 8.73. The standard InChI is InChI=1S/C19H15F2N5O3/c20-13-5-12(26-19(27)25-11-2-4-28-9-11)6-14(21)17(13)29-15-1-3-23-18-16(15)10(7-22)8-24-18/h1,3,5-6,8,11H,2,4,9H2,(H,23,24)(H2,25,26,27). The van der Waals surface area contributed by atoms with Crippen molar-refractivity contribution in [1.82, 2.24) is 15.3 Å². The van der Waals surface area contributed by atoms with Crippen LogP contribution in [0.1, 0.15) is 12.0 Å². The molecule has 2 aromatic heterocycles. The zero-order chi connectivity index (χ0) is 20.4. The van der Waals surface area contributed by atoms with Gasteiger partial charge in [0.2, 0.25) is 0 Å². The fourth-order valence-corrected chi connectivity index (χ4v) is 3.04. The number of nitrogens with zero attached hydrogens (tertiary/aromatic N) is 2. The molecule has 2 amide bonds. The molecule has 1 unspecified atom stereocenters. The third-order valence-corrected chi connectivity index (χ3v) is 4.39. The number of amides is 2. The van der Waals surface area contributed by atoms with Gasteiger partial charge >= 0.3 is 6.03 Å². The Morgan fingerprint density at radius 3 is 2.86 bits per heavy atom. The molecule has 4 rings (SSSR count). The number of nitrogens with one attached hydrogen (secondary N) is 3. The van der Waals surface area contributed by atoms with Crippen molar-refractivity contribution in [2.45, 2.75) is 12.5 Å². The molecule has 1 fully saturated rings. The second-order valence-corrected chi connectivity index (χ2v) is 6.38. The molecule has 148 valence electrons. The van der Waals surface area contributed by atoms with Crippen LogP contribution in [0.2, 0.25) is 0 Å². The SMILES string of the molecule is N#Cc1c[nH]c2nccc(Oc3c(F)cc(NC(=O)NC4CCOC4)cc3F)c12. The van der Waals surface area contributed by atoms with Crippen LogP contribution in [0.3, 0.4) is 0 Å². The minimum Gasteiger partial charge on any atom is -0.450 e. The number of H-pyrrole nitrogens is 1. The topological polar surface area (TPSA) is 112 Å². The number of carbonyl (C=O) groups excluding carboxylic acids is 1. The van der Waals surface area contributed by atoms with Crippen LogP contribution in [-0.2, 0) is 4.74 Å². The highest BCUT2D eigenvalue weighted by Gasteiger charge is 2.20. The van der Waals surface area contributed by atoms with Crippen LogP contribution in [0, 0.1) is 23.0 Å². The van der Waals surface area contributed by atoms with Gasteiger partial charge in [-0.15, -0.1) is 0 Å². The lowest BCUT2D eigenvalue weighted by atomic mass is 10.2. The molecule has 0 saturated carbocycles. The maximum Gasteiger partial charge on any atom is 0.319 e. The van der Waals surface area contributed by atoms with Gasteiger partial charge in [-0.1, -0.05) is 0 Å². The number of pyridine rings is 1. The van der Waals surface area contributed by atoms with Gasteiger partial charge in [0, 0.05) is 36.8 Å². The van der Waals surface area contributed by atoms with Gasteiger partial charge < -0.3 is 25.1 Å². The molecule has 8 nitrogen and oxygen atoms in total. The molecule has 10 heteroatoms. The van der Waals surface area contributed by atoms with Crippen LogP contribution in [0.25, 0.3) is 11.0 Å². The first kappa shape index (κ1) is 18.6. The number of hydrogen-bond acceptors (Lipinski definition) is 5. The van der Waals surface area contributed by atoms with Crippen molar-refractivity contribution in [2.75, 3.05) is 18.5 Å². The average molecular weight is 399 g/mol. The quantitative estimate of drug-likeness (QED) is 0.622. The summed E-state index contributed by atoms with van der Waals surface area (Å²) in [5.74, 6) is -2.60. The molecule has 1 aliphatic rings. The highest BCUT2D eigenvalue weighted by atomic mass is 19.1. The average Bonchev–Trinajstić information content (AvgIpc) is 3.34. The summed E-state index contributed by atoms with van der Waals surface area (Å²) in [5, 5.41) is 14.5. The van der Waals surface area contributed by atoms with E-state index >= 15 is 0 Å². The molecule has 0 radical (unpaired) electrons. The van der Waals surface area contributed by atoms with Crippen LogP contribution in [0.5, 0.6) is 11.5 Å². The Bertz CT molecular complexity index is 1100. The highest BCUT2D eigenvalue weighted by molar-refractivity contribution is 5.90. The Hall–Kier alpha value is -3.71. The van der Waals surface area contributed by atoms with E-state index in [2.05, 4.69) is 20.6 Å². The maximum absolute atomic E-state index is 14.5. The fraction of sp³-hybridized carbons (Fsp3) is 0.211. The van der Waals surface area contributed by atoms with Gasteiger partial charge in [0.1, 0.15) is 17.5 Å². The predicted octanol–water partition coefficient (Wildman–Crippen LogP) is 3.42. The van der Waals surface area contributed by atoms with Crippen molar-refractivity contribution in [3.63, 3.8) is 0 Å². The minimum atomic E-state index is -1.01. The molecule has 3 aromatic rings. The monoisotopic (exact) mass is 399 g/mol. The first-order chi connectivity index (χ1) is 14.0. The normalized spacial score (nSPS) is 15.8. The first-order valence-electron chi connectivity index (χ1n) is 8.73. The van der Waals surface area contributed by atoms with E-state index in [0.29, 0.717) is 30.7 Å². The lowest BCUT2D eigenvalue weighted by molar-refractivity contribution is 0.189. The molecule has 1 saturated heterocycles. The van der Waals surface area contributed by atoms with Gasteiger partial charge in [0.05, 0.1) is 23.6 Å². The molecule has 1 atom stereocenters. The second-order valence-electron chi connectivity index (χ2n) is 6.38. The molecule has 1 aromatic carbocycles. The molecule has 3 heterocycles. The summed E-state index contributed by atoms with van der Waals surface area (Å²) in [7, 11) is 0. The summed E-state index contributed by atoms with van der Waals surface area (Å²) in [6.45, 7) is 0.949. The predicted molar refractivity (Wildman–Crippen MR) is 98.6 cm³/mol. The summed E-state index contributed by atoms with van der Waals surface area (Å²) in [4.78, 5) is 18.8. The zero-order valence-corrected chi connectivity index (χ0v) is 15.0. The number of ether oxygens (including phenoxy) is 2. The largest absolute Gasteiger partial charge is 0.450 e. The Kier molecular flexibility index (Phi) is 4.97. The third-order valence-electron chi connectivity index (χ3n) is 4.39. The maximum atomic E-state index is 14.5. The molecule has 1 aliphatic heterocycles. The van der Waals surface area contributed by atoms with Crippen LogP contribution >= 0.6 is 0 Å². The number of urea groups is 1. The van der Waals surface area contributed by atoms with E-state index in [1.807, 2.05) is 6.07 Å². The smallest absolute Gasteiger partial charge is 0.319 e. The number of rotatable bonds is 4.